The van der Waals surface area contributed by atoms with Crippen molar-refractivity contribution in [3.8, 4) is 6.07 Å². The minimum Gasteiger partial charge on any atom is -0.299 e. The predicted octanol–water partition coefficient (Wildman–Crippen LogP) is 2.70. The first-order valence-electron chi connectivity index (χ1n) is 5.81. The fourth-order valence-electron chi connectivity index (χ4n) is 2.61. The smallest absolute Gasteiger partial charge is 0.0952 e. The van der Waals surface area contributed by atoms with Crippen LogP contribution in [-0.2, 0) is 0 Å². The van der Waals surface area contributed by atoms with E-state index in [1.807, 2.05) is 0 Å². The molecule has 2 nitrogen and oxygen atoms in total. The zero-order chi connectivity index (χ0) is 10.6. The Morgan fingerprint density at radius 2 is 1.86 bits per heavy atom. The van der Waals surface area contributed by atoms with Crippen LogP contribution in [0.1, 0.15) is 46.5 Å². The van der Waals surface area contributed by atoms with Gasteiger partial charge in [0, 0.05) is 6.04 Å². The van der Waals surface area contributed by atoms with E-state index in [4.69, 9.17) is 5.26 Å². The second kappa shape index (κ2) is 5.36. The van der Waals surface area contributed by atoms with Crippen LogP contribution < -0.4 is 5.32 Å². The molecule has 2 heteroatoms. The van der Waals surface area contributed by atoms with Crippen molar-refractivity contribution in [2.24, 2.45) is 11.8 Å². The molecule has 3 atom stereocenters. The van der Waals surface area contributed by atoms with Gasteiger partial charge >= 0.3 is 0 Å². The van der Waals surface area contributed by atoms with Gasteiger partial charge in [0.05, 0.1) is 12.1 Å². The van der Waals surface area contributed by atoms with Crippen molar-refractivity contribution < 1.29 is 0 Å². The fourth-order valence-corrected chi connectivity index (χ4v) is 2.61. The Kier molecular flexibility index (Phi) is 4.41. The highest BCUT2D eigenvalue weighted by Gasteiger charge is 2.24. The molecule has 0 saturated heterocycles. The number of nitriles is 1. The first kappa shape index (κ1) is 11.5. The number of hydrogen-bond acceptors (Lipinski definition) is 2. The summed E-state index contributed by atoms with van der Waals surface area (Å²) in [5.41, 5.74) is 0. The second-order valence-electron chi connectivity index (χ2n) is 4.87. The molecule has 0 aromatic rings. The van der Waals surface area contributed by atoms with Crippen molar-refractivity contribution in [2.45, 2.75) is 58.5 Å². The summed E-state index contributed by atoms with van der Waals surface area (Å²) >= 11 is 0. The van der Waals surface area contributed by atoms with E-state index < -0.39 is 0 Å². The molecular formula is C12H22N2. The molecule has 0 aromatic heterocycles. The largest absolute Gasteiger partial charge is 0.299 e. The Balaban J connectivity index is 2.40. The third-order valence-electron chi connectivity index (χ3n) is 3.18. The maximum absolute atomic E-state index is 8.88. The Hall–Kier alpha value is -0.550. The van der Waals surface area contributed by atoms with E-state index in [-0.39, 0.29) is 6.04 Å². The summed E-state index contributed by atoms with van der Waals surface area (Å²) in [6.07, 6.45) is 4.74. The van der Waals surface area contributed by atoms with Crippen LogP contribution in [0.3, 0.4) is 0 Å². The molecule has 0 spiro atoms. The van der Waals surface area contributed by atoms with E-state index in [0.717, 1.165) is 18.3 Å². The van der Waals surface area contributed by atoms with Crippen LogP contribution in [0.2, 0.25) is 0 Å². The van der Waals surface area contributed by atoms with Crippen molar-refractivity contribution in [3.05, 3.63) is 0 Å². The van der Waals surface area contributed by atoms with Gasteiger partial charge in [0.25, 0.3) is 0 Å². The standard InChI is InChI=1S/C12H22N2/c1-4-11(8-13)14-12-6-9(2)5-10(3)7-12/h9-12,14H,4-7H2,1-3H3. The monoisotopic (exact) mass is 194 g/mol. The third kappa shape index (κ3) is 3.31. The van der Waals surface area contributed by atoms with Gasteiger partial charge in [-0.25, -0.2) is 0 Å². The van der Waals surface area contributed by atoms with Gasteiger partial charge in [-0.1, -0.05) is 20.8 Å². The minimum absolute atomic E-state index is 0.0532. The summed E-state index contributed by atoms with van der Waals surface area (Å²) in [7, 11) is 0. The van der Waals surface area contributed by atoms with Gasteiger partial charge in [-0.3, -0.25) is 5.32 Å². The van der Waals surface area contributed by atoms with Crippen molar-refractivity contribution >= 4 is 0 Å². The highest BCUT2D eigenvalue weighted by molar-refractivity contribution is 4.92. The van der Waals surface area contributed by atoms with Crippen LogP contribution in [-0.4, -0.2) is 12.1 Å². The average Bonchev–Trinajstić information content (AvgIpc) is 2.12. The van der Waals surface area contributed by atoms with Crippen LogP contribution in [0, 0.1) is 23.2 Å². The van der Waals surface area contributed by atoms with Crippen LogP contribution in [0.4, 0.5) is 0 Å². The molecule has 0 heterocycles. The molecule has 1 rings (SSSR count). The molecule has 1 aliphatic rings. The van der Waals surface area contributed by atoms with Crippen LogP contribution in [0.15, 0.2) is 0 Å². The van der Waals surface area contributed by atoms with E-state index in [2.05, 4.69) is 32.2 Å². The van der Waals surface area contributed by atoms with Crippen LogP contribution >= 0.6 is 0 Å². The lowest BCUT2D eigenvalue weighted by molar-refractivity contribution is 0.232. The van der Waals surface area contributed by atoms with E-state index in [1.165, 1.54) is 19.3 Å². The minimum atomic E-state index is 0.0532. The Labute approximate surface area is 87.7 Å². The number of nitrogens with one attached hydrogen (secondary N) is 1. The van der Waals surface area contributed by atoms with Crippen molar-refractivity contribution in [1.82, 2.24) is 5.32 Å². The molecule has 0 radical (unpaired) electrons. The second-order valence-corrected chi connectivity index (χ2v) is 4.87. The van der Waals surface area contributed by atoms with Crippen LogP contribution in [0.5, 0.6) is 0 Å². The van der Waals surface area contributed by atoms with E-state index in [0.29, 0.717) is 6.04 Å². The zero-order valence-electron chi connectivity index (χ0n) is 9.59. The van der Waals surface area contributed by atoms with Gasteiger partial charge in [-0.2, -0.15) is 5.26 Å². The first-order chi connectivity index (χ1) is 6.65. The molecule has 0 aliphatic heterocycles. The van der Waals surface area contributed by atoms with E-state index in [1.54, 1.807) is 0 Å². The predicted molar refractivity (Wildman–Crippen MR) is 58.8 cm³/mol. The lowest BCUT2D eigenvalue weighted by Gasteiger charge is -2.33. The quantitative estimate of drug-likeness (QED) is 0.750. The molecule has 1 N–H and O–H groups in total. The van der Waals surface area contributed by atoms with Gasteiger partial charge in [0.1, 0.15) is 0 Å². The lowest BCUT2D eigenvalue weighted by Crippen LogP contribution is -2.41. The van der Waals surface area contributed by atoms with Gasteiger partial charge < -0.3 is 0 Å². The summed E-state index contributed by atoms with van der Waals surface area (Å²) in [5, 5.41) is 12.3. The maximum atomic E-state index is 8.88. The Bertz CT molecular complexity index is 197. The topological polar surface area (TPSA) is 35.8 Å². The summed E-state index contributed by atoms with van der Waals surface area (Å²) in [4.78, 5) is 0. The highest BCUT2D eigenvalue weighted by atomic mass is 14.9. The molecule has 1 fully saturated rings. The van der Waals surface area contributed by atoms with Gasteiger partial charge in [0.2, 0.25) is 0 Å². The lowest BCUT2D eigenvalue weighted by atomic mass is 9.80. The first-order valence-corrected chi connectivity index (χ1v) is 5.81. The van der Waals surface area contributed by atoms with Gasteiger partial charge in [0.15, 0.2) is 0 Å². The summed E-state index contributed by atoms with van der Waals surface area (Å²) in [6, 6.07) is 2.94. The summed E-state index contributed by atoms with van der Waals surface area (Å²) in [6.45, 7) is 6.70. The molecule has 1 aliphatic carbocycles. The van der Waals surface area contributed by atoms with E-state index >= 15 is 0 Å². The van der Waals surface area contributed by atoms with Gasteiger partial charge in [-0.05, 0) is 37.5 Å². The van der Waals surface area contributed by atoms with Gasteiger partial charge in [-0.15, -0.1) is 0 Å². The molecule has 0 bridgehead atoms. The SMILES string of the molecule is CCC(C#N)NC1CC(C)CC(C)C1. The summed E-state index contributed by atoms with van der Waals surface area (Å²) < 4.78 is 0. The summed E-state index contributed by atoms with van der Waals surface area (Å²) in [5.74, 6) is 1.62. The van der Waals surface area contributed by atoms with Crippen molar-refractivity contribution in [1.29, 1.82) is 5.26 Å². The van der Waals surface area contributed by atoms with E-state index in [9.17, 15) is 0 Å². The molecule has 0 aromatic carbocycles. The maximum Gasteiger partial charge on any atom is 0.0952 e. The number of rotatable bonds is 3. The van der Waals surface area contributed by atoms with Crippen molar-refractivity contribution in [3.63, 3.8) is 0 Å². The Morgan fingerprint density at radius 1 is 1.29 bits per heavy atom. The highest BCUT2D eigenvalue weighted by Crippen LogP contribution is 2.28. The number of hydrogen-bond donors (Lipinski definition) is 1. The molecule has 1 saturated carbocycles. The number of nitrogens with zero attached hydrogens (tertiary/aromatic N) is 1. The Morgan fingerprint density at radius 3 is 2.29 bits per heavy atom. The molecule has 0 amide bonds. The molecule has 14 heavy (non-hydrogen) atoms. The normalized spacial score (nSPS) is 34.9. The van der Waals surface area contributed by atoms with Crippen LogP contribution in [0.25, 0.3) is 0 Å². The fraction of sp³-hybridized carbons (Fsp3) is 0.917. The average molecular weight is 194 g/mol. The van der Waals surface area contributed by atoms with Crippen molar-refractivity contribution in [2.75, 3.05) is 0 Å². The molecule has 80 valence electrons. The molecule has 3 unspecified atom stereocenters. The molecular weight excluding hydrogens is 172 g/mol. The zero-order valence-corrected chi connectivity index (χ0v) is 9.59. The third-order valence-corrected chi connectivity index (χ3v) is 3.18.